The highest BCUT2D eigenvalue weighted by atomic mass is 15.2. The van der Waals surface area contributed by atoms with Gasteiger partial charge in [-0.2, -0.15) is 5.10 Å². The lowest BCUT2D eigenvalue weighted by molar-refractivity contribution is 0.279. The SMILES string of the molecule is CCC(CC)(c1ccccc1)C(Cc1ccn(C)n1)NC. The van der Waals surface area contributed by atoms with Crippen LogP contribution in [0.2, 0.25) is 0 Å². The minimum absolute atomic E-state index is 0.146. The first-order chi connectivity index (χ1) is 10.2. The summed E-state index contributed by atoms with van der Waals surface area (Å²) in [6, 6.07) is 13.4. The van der Waals surface area contributed by atoms with Gasteiger partial charge in [-0.15, -0.1) is 0 Å². The lowest BCUT2D eigenvalue weighted by atomic mass is 9.69. The summed E-state index contributed by atoms with van der Waals surface area (Å²) >= 11 is 0. The Balaban J connectivity index is 2.34. The third-order valence-electron chi connectivity index (χ3n) is 4.81. The molecule has 114 valence electrons. The number of hydrogen-bond donors (Lipinski definition) is 1. The van der Waals surface area contributed by atoms with Gasteiger partial charge >= 0.3 is 0 Å². The van der Waals surface area contributed by atoms with Gasteiger partial charge in [0.25, 0.3) is 0 Å². The van der Waals surface area contributed by atoms with Crippen LogP contribution < -0.4 is 5.32 Å². The van der Waals surface area contributed by atoms with Gasteiger partial charge in [0.15, 0.2) is 0 Å². The fourth-order valence-corrected chi connectivity index (χ4v) is 3.48. The predicted octanol–water partition coefficient (Wildman–Crippen LogP) is 3.31. The molecule has 0 aliphatic carbocycles. The van der Waals surface area contributed by atoms with Gasteiger partial charge in [0.2, 0.25) is 0 Å². The van der Waals surface area contributed by atoms with Crippen molar-refractivity contribution in [3.8, 4) is 0 Å². The number of nitrogens with one attached hydrogen (secondary N) is 1. The van der Waals surface area contributed by atoms with E-state index in [2.05, 4.69) is 67.7 Å². The number of nitrogens with zero attached hydrogens (tertiary/aromatic N) is 2. The van der Waals surface area contributed by atoms with Gasteiger partial charge in [0, 0.05) is 31.1 Å². The highest BCUT2D eigenvalue weighted by Gasteiger charge is 2.36. The topological polar surface area (TPSA) is 29.9 Å². The van der Waals surface area contributed by atoms with Crippen LogP contribution in [-0.4, -0.2) is 22.9 Å². The van der Waals surface area contributed by atoms with Crippen LogP contribution in [0, 0.1) is 0 Å². The van der Waals surface area contributed by atoms with E-state index in [1.807, 2.05) is 17.9 Å². The maximum atomic E-state index is 4.55. The molecule has 1 atom stereocenters. The van der Waals surface area contributed by atoms with Gasteiger partial charge in [-0.1, -0.05) is 44.2 Å². The molecule has 21 heavy (non-hydrogen) atoms. The van der Waals surface area contributed by atoms with Gasteiger partial charge in [-0.05, 0) is 31.5 Å². The fraction of sp³-hybridized carbons (Fsp3) is 0.500. The molecule has 0 saturated carbocycles. The maximum Gasteiger partial charge on any atom is 0.0640 e. The van der Waals surface area contributed by atoms with Gasteiger partial charge in [0.05, 0.1) is 5.69 Å². The van der Waals surface area contributed by atoms with Crippen molar-refractivity contribution < 1.29 is 0 Å². The molecule has 0 amide bonds. The zero-order chi connectivity index (χ0) is 15.3. The highest BCUT2D eigenvalue weighted by Crippen LogP contribution is 2.36. The minimum Gasteiger partial charge on any atom is -0.316 e. The number of aromatic nitrogens is 2. The van der Waals surface area contributed by atoms with Crippen molar-refractivity contribution >= 4 is 0 Å². The van der Waals surface area contributed by atoms with Crippen LogP contribution in [-0.2, 0) is 18.9 Å². The van der Waals surface area contributed by atoms with Crippen LogP contribution in [0.15, 0.2) is 42.6 Å². The Hall–Kier alpha value is -1.61. The molecule has 0 spiro atoms. The van der Waals surface area contributed by atoms with Crippen molar-refractivity contribution in [2.24, 2.45) is 7.05 Å². The molecule has 3 heteroatoms. The van der Waals surface area contributed by atoms with E-state index in [1.165, 1.54) is 5.56 Å². The van der Waals surface area contributed by atoms with E-state index >= 15 is 0 Å². The largest absolute Gasteiger partial charge is 0.316 e. The lowest BCUT2D eigenvalue weighted by Crippen LogP contribution is -2.48. The zero-order valence-electron chi connectivity index (χ0n) is 13.6. The quantitative estimate of drug-likeness (QED) is 0.846. The number of benzene rings is 1. The molecule has 1 unspecified atom stereocenters. The Morgan fingerprint density at radius 1 is 1.14 bits per heavy atom. The molecule has 1 aromatic carbocycles. The Morgan fingerprint density at radius 2 is 1.81 bits per heavy atom. The molecule has 2 aromatic rings. The number of hydrogen-bond acceptors (Lipinski definition) is 2. The summed E-state index contributed by atoms with van der Waals surface area (Å²) in [6.45, 7) is 4.58. The van der Waals surface area contributed by atoms with E-state index in [0.717, 1.165) is 25.0 Å². The summed E-state index contributed by atoms with van der Waals surface area (Å²) in [5, 5.41) is 8.10. The summed E-state index contributed by atoms with van der Waals surface area (Å²) in [7, 11) is 4.04. The van der Waals surface area contributed by atoms with Crippen molar-refractivity contribution in [3.63, 3.8) is 0 Å². The van der Waals surface area contributed by atoms with Crippen LogP contribution in [0.5, 0.6) is 0 Å². The molecule has 0 aliphatic heterocycles. The van der Waals surface area contributed by atoms with Gasteiger partial charge in [-0.25, -0.2) is 0 Å². The fourth-order valence-electron chi connectivity index (χ4n) is 3.48. The van der Waals surface area contributed by atoms with Crippen molar-refractivity contribution in [2.45, 2.75) is 44.6 Å². The molecular formula is C18H27N3. The molecule has 2 rings (SSSR count). The van der Waals surface area contributed by atoms with Crippen LogP contribution in [0.1, 0.15) is 37.9 Å². The summed E-state index contributed by atoms with van der Waals surface area (Å²) in [5.74, 6) is 0. The van der Waals surface area contributed by atoms with E-state index in [9.17, 15) is 0 Å². The van der Waals surface area contributed by atoms with Crippen LogP contribution in [0.4, 0.5) is 0 Å². The smallest absolute Gasteiger partial charge is 0.0640 e. The Labute approximate surface area is 128 Å². The summed E-state index contributed by atoms with van der Waals surface area (Å²) < 4.78 is 1.88. The molecule has 0 radical (unpaired) electrons. The summed E-state index contributed by atoms with van der Waals surface area (Å²) in [6.07, 6.45) is 5.20. The molecule has 0 bridgehead atoms. The third-order valence-corrected chi connectivity index (χ3v) is 4.81. The molecule has 3 nitrogen and oxygen atoms in total. The Morgan fingerprint density at radius 3 is 2.29 bits per heavy atom. The minimum atomic E-state index is 0.146. The second kappa shape index (κ2) is 6.90. The highest BCUT2D eigenvalue weighted by molar-refractivity contribution is 5.28. The van der Waals surface area contributed by atoms with Crippen LogP contribution in [0.3, 0.4) is 0 Å². The molecule has 1 aromatic heterocycles. The maximum absolute atomic E-state index is 4.55. The molecule has 0 aliphatic rings. The molecule has 1 heterocycles. The molecule has 0 saturated heterocycles. The number of likely N-dealkylation sites (N-methyl/N-ethyl adjacent to an activating group) is 1. The monoisotopic (exact) mass is 285 g/mol. The number of aryl methyl sites for hydroxylation is 1. The second-order valence-electron chi connectivity index (χ2n) is 5.76. The molecular weight excluding hydrogens is 258 g/mol. The first-order valence-electron chi connectivity index (χ1n) is 7.87. The van der Waals surface area contributed by atoms with Gasteiger partial charge in [-0.3, -0.25) is 4.68 Å². The Kier molecular flexibility index (Phi) is 5.18. The van der Waals surface area contributed by atoms with E-state index in [-0.39, 0.29) is 5.41 Å². The van der Waals surface area contributed by atoms with E-state index in [0.29, 0.717) is 6.04 Å². The van der Waals surface area contributed by atoms with Crippen LogP contribution in [0.25, 0.3) is 0 Å². The Bertz CT molecular complexity index is 541. The second-order valence-corrected chi connectivity index (χ2v) is 5.76. The van der Waals surface area contributed by atoms with Crippen molar-refractivity contribution in [2.75, 3.05) is 7.05 Å². The van der Waals surface area contributed by atoms with Crippen LogP contribution >= 0.6 is 0 Å². The van der Waals surface area contributed by atoms with E-state index in [4.69, 9.17) is 0 Å². The average Bonchev–Trinajstić information content (AvgIpc) is 2.94. The summed E-state index contributed by atoms with van der Waals surface area (Å²) in [4.78, 5) is 0. The standard InChI is InChI=1S/C18H27N3/c1-5-18(6-2,15-10-8-7-9-11-15)17(19-3)14-16-12-13-21(4)20-16/h7-13,17,19H,5-6,14H2,1-4H3. The normalized spacial score (nSPS) is 13.3. The van der Waals surface area contributed by atoms with Crippen molar-refractivity contribution in [3.05, 3.63) is 53.9 Å². The molecule has 1 N–H and O–H groups in total. The van der Waals surface area contributed by atoms with E-state index in [1.54, 1.807) is 0 Å². The zero-order valence-corrected chi connectivity index (χ0v) is 13.6. The summed E-state index contributed by atoms with van der Waals surface area (Å²) in [5.41, 5.74) is 2.72. The average molecular weight is 285 g/mol. The van der Waals surface area contributed by atoms with Gasteiger partial charge in [0.1, 0.15) is 0 Å². The number of rotatable bonds is 7. The predicted molar refractivity (Wildman–Crippen MR) is 88.5 cm³/mol. The van der Waals surface area contributed by atoms with Crippen molar-refractivity contribution in [1.82, 2.24) is 15.1 Å². The van der Waals surface area contributed by atoms with E-state index < -0.39 is 0 Å². The third kappa shape index (κ3) is 3.18. The van der Waals surface area contributed by atoms with Gasteiger partial charge < -0.3 is 5.32 Å². The first-order valence-corrected chi connectivity index (χ1v) is 7.87. The molecule has 0 fully saturated rings. The lowest BCUT2D eigenvalue weighted by Gasteiger charge is -2.40. The van der Waals surface area contributed by atoms with Crippen molar-refractivity contribution in [1.29, 1.82) is 0 Å². The first kappa shape index (κ1) is 15.8.